The largest absolute Gasteiger partial charge is 0.464 e. The van der Waals surface area contributed by atoms with Gasteiger partial charge in [-0.1, -0.05) is 12.1 Å². The molecule has 0 radical (unpaired) electrons. The van der Waals surface area contributed by atoms with E-state index in [9.17, 15) is 9.59 Å². The topological polar surface area (TPSA) is 176 Å². The van der Waals surface area contributed by atoms with Crippen molar-refractivity contribution in [3.05, 3.63) is 59.9 Å². The number of carbonyl (C=O) groups excluding carboxylic acids is 2. The maximum atomic E-state index is 12.3. The van der Waals surface area contributed by atoms with Gasteiger partial charge in [-0.05, 0) is 41.5 Å². The van der Waals surface area contributed by atoms with Crippen LogP contribution in [0.15, 0.2) is 63.1 Å². The molecule has 0 spiro atoms. The van der Waals surface area contributed by atoms with Crippen LogP contribution in [-0.2, 0) is 0 Å². The molecule has 136 valence electrons. The van der Waals surface area contributed by atoms with Crippen molar-refractivity contribution >= 4 is 34.7 Å². The number of nitrogens with two attached hydrogens (primary N) is 4. The first-order valence-electron chi connectivity index (χ1n) is 7.75. The Kier molecular flexibility index (Phi) is 4.58. The van der Waals surface area contributed by atoms with Crippen LogP contribution in [0.5, 0.6) is 0 Å². The maximum absolute atomic E-state index is 12.3. The van der Waals surface area contributed by atoms with Crippen molar-refractivity contribution in [3.63, 3.8) is 0 Å². The van der Waals surface area contributed by atoms with Crippen molar-refractivity contribution in [3.8, 4) is 11.1 Å². The van der Waals surface area contributed by atoms with Crippen molar-refractivity contribution in [2.45, 2.75) is 0 Å². The fourth-order valence-corrected chi connectivity index (χ4v) is 2.64. The van der Waals surface area contributed by atoms with E-state index in [1.807, 2.05) is 6.07 Å². The Morgan fingerprint density at radius 1 is 0.815 bits per heavy atom. The lowest BCUT2D eigenvalue weighted by molar-refractivity contribution is 0.100. The molecule has 0 saturated carbocycles. The number of carbonyl (C=O) groups is 2. The predicted molar refractivity (Wildman–Crippen MR) is 102 cm³/mol. The average molecular weight is 364 g/mol. The van der Waals surface area contributed by atoms with E-state index in [0.29, 0.717) is 11.1 Å². The zero-order valence-corrected chi connectivity index (χ0v) is 14.0. The Labute approximate surface area is 153 Å². The highest BCUT2D eigenvalue weighted by Crippen LogP contribution is 2.31. The summed E-state index contributed by atoms with van der Waals surface area (Å²) in [5.41, 5.74) is 23.3. The molecular weight excluding hydrogens is 348 g/mol. The molecule has 2 amide bonds. The van der Waals surface area contributed by atoms with Gasteiger partial charge in [0.05, 0.1) is 6.26 Å². The predicted octanol–water partition coefficient (Wildman–Crippen LogP) is 0.927. The lowest BCUT2D eigenvalue weighted by atomic mass is 9.97. The molecule has 0 unspecified atom stereocenters. The van der Waals surface area contributed by atoms with Gasteiger partial charge in [0.25, 0.3) is 11.8 Å². The maximum Gasteiger partial charge on any atom is 0.280 e. The number of hydrogen-bond acceptors (Lipinski definition) is 3. The fourth-order valence-electron chi connectivity index (χ4n) is 2.64. The molecule has 0 aliphatic heterocycles. The minimum atomic E-state index is -0.699. The van der Waals surface area contributed by atoms with E-state index < -0.39 is 11.8 Å². The number of amides is 2. The zero-order valence-electron chi connectivity index (χ0n) is 14.0. The SMILES string of the molecule is NC(N)=NC(=O)c1cc(C(=O)N=C(N)N)cc(-c2cccc3occc23)c1. The first kappa shape index (κ1) is 17.7. The third-order valence-corrected chi connectivity index (χ3v) is 3.70. The quantitative estimate of drug-likeness (QED) is 0.394. The molecule has 0 aliphatic rings. The Bertz CT molecular complexity index is 1060. The normalized spacial score (nSPS) is 10.4. The lowest BCUT2D eigenvalue weighted by Crippen LogP contribution is -2.24. The number of nitrogens with zero attached hydrogens (tertiary/aromatic N) is 2. The van der Waals surface area contributed by atoms with Gasteiger partial charge in [0.15, 0.2) is 11.9 Å². The molecular formula is C18H16N6O3. The minimum absolute atomic E-state index is 0.107. The van der Waals surface area contributed by atoms with Crippen molar-refractivity contribution < 1.29 is 14.0 Å². The summed E-state index contributed by atoms with van der Waals surface area (Å²) in [4.78, 5) is 31.6. The third-order valence-electron chi connectivity index (χ3n) is 3.70. The summed E-state index contributed by atoms with van der Waals surface area (Å²) in [6.07, 6.45) is 1.55. The Morgan fingerprint density at radius 2 is 1.41 bits per heavy atom. The smallest absolute Gasteiger partial charge is 0.280 e. The van der Waals surface area contributed by atoms with Crippen LogP contribution in [0, 0.1) is 0 Å². The van der Waals surface area contributed by atoms with Crippen molar-refractivity contribution in [1.29, 1.82) is 0 Å². The molecule has 3 rings (SSSR count). The van der Waals surface area contributed by atoms with E-state index >= 15 is 0 Å². The van der Waals surface area contributed by atoms with Gasteiger partial charge in [0.2, 0.25) is 0 Å². The Balaban J connectivity index is 2.22. The molecule has 0 fully saturated rings. The van der Waals surface area contributed by atoms with Crippen LogP contribution in [-0.4, -0.2) is 23.7 Å². The van der Waals surface area contributed by atoms with Gasteiger partial charge in [-0.15, -0.1) is 0 Å². The van der Waals surface area contributed by atoms with Crippen molar-refractivity contribution in [1.82, 2.24) is 0 Å². The molecule has 27 heavy (non-hydrogen) atoms. The molecule has 1 heterocycles. The number of aliphatic imine (C=N–C) groups is 2. The van der Waals surface area contributed by atoms with Crippen LogP contribution >= 0.6 is 0 Å². The van der Waals surface area contributed by atoms with Crippen LogP contribution in [0.25, 0.3) is 22.1 Å². The average Bonchev–Trinajstić information content (AvgIpc) is 3.08. The van der Waals surface area contributed by atoms with Gasteiger partial charge in [-0.2, -0.15) is 9.98 Å². The van der Waals surface area contributed by atoms with Crippen LogP contribution in [0.1, 0.15) is 20.7 Å². The Hall–Kier alpha value is -4.14. The third kappa shape index (κ3) is 3.76. The highest BCUT2D eigenvalue weighted by atomic mass is 16.3. The highest BCUT2D eigenvalue weighted by molar-refractivity contribution is 6.08. The van der Waals surface area contributed by atoms with E-state index in [0.717, 1.165) is 10.9 Å². The summed E-state index contributed by atoms with van der Waals surface area (Å²) in [5, 5.41) is 0.809. The first-order valence-corrected chi connectivity index (χ1v) is 7.75. The van der Waals surface area contributed by atoms with Crippen molar-refractivity contribution in [2.75, 3.05) is 0 Å². The molecule has 9 heteroatoms. The molecule has 9 nitrogen and oxygen atoms in total. The Morgan fingerprint density at radius 3 is 1.96 bits per heavy atom. The molecule has 0 saturated heterocycles. The van der Waals surface area contributed by atoms with Gasteiger partial charge in [-0.25, -0.2) is 0 Å². The van der Waals surface area contributed by atoms with E-state index in [2.05, 4.69) is 9.98 Å². The minimum Gasteiger partial charge on any atom is -0.464 e. The zero-order chi connectivity index (χ0) is 19.6. The van der Waals surface area contributed by atoms with Gasteiger partial charge in [0, 0.05) is 16.5 Å². The number of hydrogen-bond donors (Lipinski definition) is 4. The van der Waals surface area contributed by atoms with E-state index in [-0.39, 0.29) is 23.0 Å². The van der Waals surface area contributed by atoms with Gasteiger partial charge in [0.1, 0.15) is 5.58 Å². The van der Waals surface area contributed by atoms with Crippen LogP contribution in [0.3, 0.4) is 0 Å². The second-order valence-electron chi connectivity index (χ2n) is 5.62. The van der Waals surface area contributed by atoms with E-state index in [1.165, 1.54) is 6.07 Å². The standard InChI is InChI=1S/C18H16N6O3/c19-17(20)23-15(25)10-6-9(7-11(8-10)16(26)24-18(21)22)12-2-1-3-14-13(12)4-5-27-14/h1-8H,(H4,19,20,23,25)(H4,21,22,24,26). The summed E-state index contributed by atoms with van der Waals surface area (Å²) < 4.78 is 5.40. The van der Waals surface area contributed by atoms with E-state index in [1.54, 1.807) is 36.6 Å². The number of furan rings is 1. The van der Waals surface area contributed by atoms with Crippen LogP contribution in [0.4, 0.5) is 0 Å². The second kappa shape index (κ2) is 7.00. The lowest BCUT2D eigenvalue weighted by Gasteiger charge is -2.08. The van der Waals surface area contributed by atoms with E-state index in [4.69, 9.17) is 27.4 Å². The molecule has 0 atom stereocenters. The summed E-state index contributed by atoms with van der Waals surface area (Å²) in [7, 11) is 0. The van der Waals surface area contributed by atoms with Crippen LogP contribution < -0.4 is 22.9 Å². The number of rotatable bonds is 3. The number of guanidine groups is 2. The summed E-state index contributed by atoms with van der Waals surface area (Å²) in [5.74, 6) is -2.18. The first-order chi connectivity index (χ1) is 12.8. The molecule has 3 aromatic rings. The molecule has 0 bridgehead atoms. The molecule has 0 aliphatic carbocycles. The van der Waals surface area contributed by atoms with Gasteiger partial charge >= 0.3 is 0 Å². The number of benzene rings is 2. The molecule has 1 aromatic heterocycles. The molecule has 2 aromatic carbocycles. The number of fused-ring (bicyclic) bond motifs is 1. The summed E-state index contributed by atoms with van der Waals surface area (Å²) in [6.45, 7) is 0. The van der Waals surface area contributed by atoms with Gasteiger partial charge < -0.3 is 27.4 Å². The van der Waals surface area contributed by atoms with Gasteiger partial charge in [-0.3, -0.25) is 9.59 Å². The molecule has 8 N–H and O–H groups in total. The second-order valence-corrected chi connectivity index (χ2v) is 5.62. The summed E-state index contributed by atoms with van der Waals surface area (Å²) >= 11 is 0. The fraction of sp³-hybridized carbons (Fsp3) is 0. The van der Waals surface area contributed by atoms with Crippen molar-refractivity contribution in [2.24, 2.45) is 32.9 Å². The van der Waals surface area contributed by atoms with Crippen LogP contribution in [0.2, 0.25) is 0 Å². The summed E-state index contributed by atoms with van der Waals surface area (Å²) in [6, 6.07) is 11.7. The highest BCUT2D eigenvalue weighted by Gasteiger charge is 2.15. The monoisotopic (exact) mass is 364 g/mol.